The number of hydrogen-bond acceptors (Lipinski definition) is 5. The number of aryl methyl sites for hydroxylation is 1. The lowest BCUT2D eigenvalue weighted by molar-refractivity contribution is -0.130. The van der Waals surface area contributed by atoms with Gasteiger partial charge in [0.05, 0.1) is 17.9 Å². The first-order chi connectivity index (χ1) is 12.1. The van der Waals surface area contributed by atoms with E-state index in [0.717, 1.165) is 11.3 Å². The summed E-state index contributed by atoms with van der Waals surface area (Å²) >= 11 is 5.16. The van der Waals surface area contributed by atoms with Crippen molar-refractivity contribution in [2.45, 2.75) is 13.5 Å². The van der Waals surface area contributed by atoms with Gasteiger partial charge in [0.1, 0.15) is 0 Å². The van der Waals surface area contributed by atoms with Gasteiger partial charge in [-0.1, -0.05) is 23.8 Å². The molecule has 0 aliphatic carbocycles. The lowest BCUT2D eigenvalue weighted by Gasteiger charge is -2.30. The van der Waals surface area contributed by atoms with Crippen LogP contribution in [-0.2, 0) is 16.1 Å². The van der Waals surface area contributed by atoms with Gasteiger partial charge in [0.25, 0.3) is 5.91 Å². The van der Waals surface area contributed by atoms with Crippen LogP contribution in [0, 0.1) is 12.8 Å². The first-order valence-corrected chi connectivity index (χ1v) is 8.12. The molecule has 1 N–H and O–H groups in total. The summed E-state index contributed by atoms with van der Waals surface area (Å²) in [5.41, 5.74) is 2.44. The highest BCUT2D eigenvalue weighted by Crippen LogP contribution is 2.20. The summed E-state index contributed by atoms with van der Waals surface area (Å²) in [6.07, 6.45) is 3.02. The number of hydrogen-bond donors (Lipinski definition) is 1. The van der Waals surface area contributed by atoms with Gasteiger partial charge in [0, 0.05) is 12.4 Å². The number of nitrogens with zero attached hydrogens (tertiary/aromatic N) is 3. The number of benzene rings is 1. The van der Waals surface area contributed by atoms with Gasteiger partial charge in [-0.05, 0) is 43.4 Å². The number of thiocarbonyl (C=S) groups is 1. The van der Waals surface area contributed by atoms with Crippen molar-refractivity contribution in [3.63, 3.8) is 0 Å². The quantitative estimate of drug-likeness (QED) is 0.519. The summed E-state index contributed by atoms with van der Waals surface area (Å²) in [6.45, 7) is 2.25. The number of aromatic nitrogens is 1. The van der Waals surface area contributed by atoms with E-state index in [1.165, 1.54) is 11.1 Å². The van der Waals surface area contributed by atoms with E-state index >= 15 is 0 Å². The topological polar surface area (TPSA) is 74.7 Å². The molecule has 2 amide bonds. The maximum Gasteiger partial charge on any atom is 0.251 e. The largest absolute Gasteiger partial charge is 0.301 e. The number of aliphatic imine (C=N–C) groups is 1. The molecule has 0 bridgehead atoms. The molecule has 2 heterocycles. The third kappa shape index (κ3) is 3.77. The summed E-state index contributed by atoms with van der Waals surface area (Å²) in [7, 11) is 0. The molecule has 0 spiro atoms. The normalized spacial score (nSPS) is 17.9. The minimum Gasteiger partial charge on any atom is -0.301 e. The summed E-state index contributed by atoms with van der Waals surface area (Å²) in [5, 5.41) is 2.64. The molecule has 1 aliphatic heterocycles. The SMILES string of the molecule is Cc1ccc(N2C(=O)[C@@H](C=NCc3ccccn3)C(=O)NC2=S)cc1. The molecular formula is C18H16N4O2S. The minimum atomic E-state index is -1.02. The van der Waals surface area contributed by atoms with Crippen molar-refractivity contribution in [1.82, 2.24) is 10.3 Å². The molecule has 126 valence electrons. The van der Waals surface area contributed by atoms with Crippen LogP contribution in [0.1, 0.15) is 11.3 Å². The van der Waals surface area contributed by atoms with E-state index in [9.17, 15) is 9.59 Å². The molecule has 6 nitrogen and oxygen atoms in total. The zero-order valence-corrected chi connectivity index (χ0v) is 14.4. The Bertz CT molecular complexity index is 834. The third-order valence-electron chi connectivity index (χ3n) is 3.73. The van der Waals surface area contributed by atoms with Crippen LogP contribution in [0.15, 0.2) is 53.7 Å². The Morgan fingerprint density at radius 1 is 1.24 bits per heavy atom. The number of rotatable bonds is 4. The first-order valence-electron chi connectivity index (χ1n) is 7.71. The molecule has 1 atom stereocenters. The minimum absolute atomic E-state index is 0.0771. The van der Waals surface area contributed by atoms with E-state index in [2.05, 4.69) is 15.3 Å². The molecule has 0 unspecified atom stereocenters. The third-order valence-corrected chi connectivity index (χ3v) is 4.01. The van der Waals surface area contributed by atoms with E-state index in [0.29, 0.717) is 12.2 Å². The lowest BCUT2D eigenvalue weighted by Crippen LogP contribution is -2.58. The van der Waals surface area contributed by atoms with Crippen LogP contribution < -0.4 is 10.2 Å². The Hall–Kier alpha value is -2.93. The maximum absolute atomic E-state index is 12.7. The number of carbonyl (C=O) groups is 2. The van der Waals surface area contributed by atoms with Crippen LogP contribution in [0.3, 0.4) is 0 Å². The van der Waals surface area contributed by atoms with Gasteiger partial charge in [-0.3, -0.25) is 24.5 Å². The highest BCUT2D eigenvalue weighted by molar-refractivity contribution is 7.80. The smallest absolute Gasteiger partial charge is 0.251 e. The molecule has 1 aliphatic rings. The molecule has 1 aromatic heterocycles. The number of amides is 2. The van der Waals surface area contributed by atoms with E-state index in [1.54, 1.807) is 18.3 Å². The van der Waals surface area contributed by atoms with Gasteiger partial charge >= 0.3 is 0 Å². The fraction of sp³-hybridized carbons (Fsp3) is 0.167. The van der Waals surface area contributed by atoms with Crippen molar-refractivity contribution in [2.24, 2.45) is 10.9 Å². The average molecular weight is 352 g/mol. The molecule has 1 fully saturated rings. The second-order valence-corrected chi connectivity index (χ2v) is 5.98. The van der Waals surface area contributed by atoms with Crippen molar-refractivity contribution in [2.75, 3.05) is 4.90 Å². The highest BCUT2D eigenvalue weighted by Gasteiger charge is 2.38. The predicted octanol–water partition coefficient (Wildman–Crippen LogP) is 2.02. The molecule has 3 rings (SSSR count). The summed E-state index contributed by atoms with van der Waals surface area (Å²) in [5.74, 6) is -1.90. The van der Waals surface area contributed by atoms with E-state index in [1.807, 2.05) is 37.3 Å². The molecule has 0 saturated carbocycles. The average Bonchev–Trinajstić information content (AvgIpc) is 2.60. The predicted molar refractivity (Wildman–Crippen MR) is 99.3 cm³/mol. The number of pyridine rings is 1. The highest BCUT2D eigenvalue weighted by atomic mass is 32.1. The molecule has 7 heteroatoms. The molecule has 2 aromatic rings. The van der Waals surface area contributed by atoms with Crippen molar-refractivity contribution in [3.05, 3.63) is 59.9 Å². The zero-order chi connectivity index (χ0) is 17.8. The standard InChI is InChI=1S/C18H16N4O2S/c1-12-5-7-14(8-6-12)22-17(24)15(16(23)21-18(22)25)11-19-10-13-4-2-3-9-20-13/h2-9,11,15H,10H2,1H3,(H,21,23,25)/t15-/m0/s1. The Morgan fingerprint density at radius 3 is 2.68 bits per heavy atom. The fourth-order valence-corrected chi connectivity index (χ4v) is 2.70. The van der Waals surface area contributed by atoms with Crippen molar-refractivity contribution < 1.29 is 9.59 Å². The van der Waals surface area contributed by atoms with Crippen molar-refractivity contribution in [3.8, 4) is 0 Å². The summed E-state index contributed by atoms with van der Waals surface area (Å²) < 4.78 is 0. The summed E-state index contributed by atoms with van der Waals surface area (Å²) in [6, 6.07) is 12.8. The Labute approximate surface area is 150 Å². The molecule has 25 heavy (non-hydrogen) atoms. The molecule has 1 aromatic carbocycles. The van der Waals surface area contributed by atoms with Crippen LogP contribution in [0.4, 0.5) is 5.69 Å². The van der Waals surface area contributed by atoms with Gasteiger partial charge < -0.3 is 5.32 Å². The second kappa shape index (κ2) is 7.31. The molecule has 1 saturated heterocycles. The van der Waals surface area contributed by atoms with Crippen LogP contribution in [0.25, 0.3) is 0 Å². The Balaban J connectivity index is 1.79. The lowest BCUT2D eigenvalue weighted by atomic mass is 10.1. The zero-order valence-electron chi connectivity index (χ0n) is 13.5. The van der Waals surface area contributed by atoms with Gasteiger partial charge in [-0.2, -0.15) is 0 Å². The molecular weight excluding hydrogens is 336 g/mol. The maximum atomic E-state index is 12.7. The van der Waals surface area contributed by atoms with Gasteiger partial charge in [0.15, 0.2) is 11.0 Å². The number of anilines is 1. The number of nitrogens with one attached hydrogen (secondary N) is 1. The van der Waals surface area contributed by atoms with E-state index in [-0.39, 0.29) is 5.11 Å². The first kappa shape index (κ1) is 16.9. The molecule has 0 radical (unpaired) electrons. The van der Waals surface area contributed by atoms with Gasteiger partial charge in [-0.25, -0.2) is 0 Å². The monoisotopic (exact) mass is 352 g/mol. The summed E-state index contributed by atoms with van der Waals surface area (Å²) in [4.78, 5) is 34.6. The second-order valence-electron chi connectivity index (χ2n) is 5.59. The van der Waals surface area contributed by atoms with Crippen molar-refractivity contribution in [1.29, 1.82) is 0 Å². The van der Waals surface area contributed by atoms with Gasteiger partial charge in [0.2, 0.25) is 5.91 Å². The van der Waals surface area contributed by atoms with Crippen LogP contribution in [-0.4, -0.2) is 28.1 Å². The van der Waals surface area contributed by atoms with Crippen LogP contribution in [0.5, 0.6) is 0 Å². The van der Waals surface area contributed by atoms with Crippen molar-refractivity contribution >= 4 is 41.0 Å². The van der Waals surface area contributed by atoms with E-state index < -0.39 is 17.7 Å². The Morgan fingerprint density at radius 2 is 2.00 bits per heavy atom. The number of carbonyl (C=O) groups excluding carboxylic acids is 2. The van der Waals surface area contributed by atoms with Crippen LogP contribution in [0.2, 0.25) is 0 Å². The fourth-order valence-electron chi connectivity index (χ4n) is 2.40. The Kier molecular flexibility index (Phi) is 4.95. The van der Waals surface area contributed by atoms with E-state index in [4.69, 9.17) is 12.2 Å². The van der Waals surface area contributed by atoms with Crippen LogP contribution >= 0.6 is 12.2 Å². The van der Waals surface area contributed by atoms with Gasteiger partial charge in [-0.15, -0.1) is 0 Å².